The lowest BCUT2D eigenvalue weighted by Crippen LogP contribution is -2.56. The van der Waals surface area contributed by atoms with Crippen LogP contribution in [0, 0.1) is 17.0 Å². The summed E-state index contributed by atoms with van der Waals surface area (Å²) in [7, 11) is 3.57. The van der Waals surface area contributed by atoms with Crippen molar-refractivity contribution in [2.45, 2.75) is 45.8 Å². The fourth-order valence-corrected chi connectivity index (χ4v) is 3.62. The zero-order valence-corrected chi connectivity index (χ0v) is 19.1. The van der Waals surface area contributed by atoms with E-state index in [2.05, 4.69) is 15.6 Å². The summed E-state index contributed by atoms with van der Waals surface area (Å²) in [5.41, 5.74) is 6.29. The fraction of sp³-hybridized carbons (Fsp3) is 0.435. The summed E-state index contributed by atoms with van der Waals surface area (Å²) in [6.45, 7) is 5.95. The first-order valence-electron chi connectivity index (χ1n) is 10.3. The van der Waals surface area contributed by atoms with Crippen molar-refractivity contribution in [3.8, 4) is 0 Å². The predicted molar refractivity (Wildman–Crippen MR) is 119 cm³/mol. The van der Waals surface area contributed by atoms with Gasteiger partial charge in [-0.05, 0) is 48.8 Å². The van der Waals surface area contributed by atoms with Gasteiger partial charge in [-0.15, -0.1) is 0 Å². The van der Waals surface area contributed by atoms with Crippen molar-refractivity contribution in [1.82, 2.24) is 20.5 Å². The van der Waals surface area contributed by atoms with E-state index < -0.39 is 35.0 Å². The number of nitrogens with two attached hydrogens (primary N) is 1. The van der Waals surface area contributed by atoms with E-state index in [1.165, 1.54) is 6.07 Å². The van der Waals surface area contributed by atoms with Gasteiger partial charge in [0.05, 0.1) is 6.04 Å². The number of carbonyl (C=O) groups excluding carboxylic acids is 2. The molecule has 0 saturated heterocycles. The van der Waals surface area contributed by atoms with Crippen LogP contribution in [0.15, 0.2) is 36.5 Å². The molecule has 1 aromatic carbocycles. The molecule has 2 amide bonds. The quantitative estimate of drug-likeness (QED) is 0.576. The number of nitrogen functional groups attached to an aromatic ring is 1. The molecule has 1 aromatic heterocycles. The summed E-state index contributed by atoms with van der Waals surface area (Å²) in [6, 6.07) is 5.27. The van der Waals surface area contributed by atoms with Crippen LogP contribution < -0.4 is 16.4 Å². The Morgan fingerprint density at radius 1 is 1.06 bits per heavy atom. The first-order valence-corrected chi connectivity index (χ1v) is 10.3. The average Bonchev–Trinajstić information content (AvgIpc) is 2.68. The highest BCUT2D eigenvalue weighted by molar-refractivity contribution is 5.90. The third kappa shape index (κ3) is 6.98. The number of halogens is 2. The van der Waals surface area contributed by atoms with Gasteiger partial charge < -0.3 is 16.4 Å². The van der Waals surface area contributed by atoms with Crippen LogP contribution in [0.2, 0.25) is 0 Å². The van der Waals surface area contributed by atoms with E-state index in [4.69, 9.17) is 5.73 Å². The van der Waals surface area contributed by atoms with Crippen LogP contribution in [0.1, 0.15) is 31.9 Å². The lowest BCUT2D eigenvalue weighted by atomic mass is 9.85. The molecular formula is C23H31F2N5O2. The number of anilines is 1. The first-order chi connectivity index (χ1) is 14.9. The molecule has 0 radical (unpaired) electrons. The van der Waals surface area contributed by atoms with Gasteiger partial charge in [-0.25, -0.2) is 13.8 Å². The molecule has 1 heterocycles. The van der Waals surface area contributed by atoms with Crippen molar-refractivity contribution < 1.29 is 18.4 Å². The van der Waals surface area contributed by atoms with E-state index in [1.807, 2.05) is 20.8 Å². The van der Waals surface area contributed by atoms with E-state index in [9.17, 15) is 18.4 Å². The van der Waals surface area contributed by atoms with Gasteiger partial charge in [-0.1, -0.05) is 32.9 Å². The zero-order chi connectivity index (χ0) is 24.1. The summed E-state index contributed by atoms with van der Waals surface area (Å²) in [5, 5.41) is 5.55. The van der Waals surface area contributed by atoms with Crippen LogP contribution in [0.25, 0.3) is 0 Å². The minimum atomic E-state index is -1.01. The Morgan fingerprint density at radius 3 is 2.25 bits per heavy atom. The number of amides is 2. The molecule has 0 fully saturated rings. The fourth-order valence-electron chi connectivity index (χ4n) is 3.62. The number of nitrogens with zero attached hydrogens (tertiary/aromatic N) is 2. The summed E-state index contributed by atoms with van der Waals surface area (Å²) < 4.78 is 27.0. The van der Waals surface area contributed by atoms with Crippen LogP contribution >= 0.6 is 0 Å². The van der Waals surface area contributed by atoms with Gasteiger partial charge in [0, 0.05) is 19.2 Å². The minimum Gasteiger partial charge on any atom is -0.384 e. The number of nitrogens with one attached hydrogen (secondary N) is 2. The average molecular weight is 448 g/mol. The number of likely N-dealkylation sites (N-methyl/N-ethyl adjacent to an activating group) is 1. The summed E-state index contributed by atoms with van der Waals surface area (Å²) in [5.74, 6) is -2.41. The van der Waals surface area contributed by atoms with Gasteiger partial charge in [0.2, 0.25) is 11.8 Å². The Hall–Kier alpha value is -3.07. The highest BCUT2D eigenvalue weighted by Crippen LogP contribution is 2.23. The Labute approximate surface area is 187 Å². The van der Waals surface area contributed by atoms with E-state index in [0.29, 0.717) is 11.4 Å². The number of aromatic nitrogens is 1. The van der Waals surface area contributed by atoms with Gasteiger partial charge in [-0.3, -0.25) is 14.5 Å². The van der Waals surface area contributed by atoms with Crippen LogP contribution in [-0.4, -0.2) is 47.9 Å². The molecule has 2 atom stereocenters. The molecule has 32 heavy (non-hydrogen) atoms. The number of pyridine rings is 1. The second kappa shape index (κ2) is 10.5. The van der Waals surface area contributed by atoms with E-state index in [-0.39, 0.29) is 18.9 Å². The Morgan fingerprint density at radius 2 is 1.72 bits per heavy atom. The second-order valence-corrected chi connectivity index (χ2v) is 9.06. The molecule has 174 valence electrons. The van der Waals surface area contributed by atoms with Crippen LogP contribution in [0.4, 0.5) is 14.6 Å². The number of hydrogen-bond donors (Lipinski definition) is 3. The highest BCUT2D eigenvalue weighted by Gasteiger charge is 2.35. The lowest BCUT2D eigenvalue weighted by Gasteiger charge is -2.35. The summed E-state index contributed by atoms with van der Waals surface area (Å²) in [6.07, 6.45) is 1.54. The first kappa shape index (κ1) is 25.2. The molecule has 7 nitrogen and oxygen atoms in total. The molecule has 0 spiro atoms. The molecule has 0 aliphatic carbocycles. The molecule has 0 aliphatic rings. The number of rotatable bonds is 8. The minimum absolute atomic E-state index is 0.000940. The smallest absolute Gasteiger partial charge is 0.243 e. The van der Waals surface area contributed by atoms with Crippen molar-refractivity contribution in [2.75, 3.05) is 19.8 Å². The van der Waals surface area contributed by atoms with Crippen molar-refractivity contribution in [3.05, 3.63) is 59.3 Å². The van der Waals surface area contributed by atoms with Crippen molar-refractivity contribution in [3.63, 3.8) is 0 Å². The predicted octanol–water partition coefficient (Wildman–Crippen LogP) is 2.26. The van der Waals surface area contributed by atoms with Crippen LogP contribution in [0.3, 0.4) is 0 Å². The molecule has 2 aromatic rings. The zero-order valence-electron chi connectivity index (χ0n) is 19.1. The van der Waals surface area contributed by atoms with Gasteiger partial charge in [-0.2, -0.15) is 0 Å². The monoisotopic (exact) mass is 447 g/mol. The Balaban J connectivity index is 2.22. The molecule has 4 N–H and O–H groups in total. The number of hydrogen-bond acceptors (Lipinski definition) is 5. The van der Waals surface area contributed by atoms with Crippen molar-refractivity contribution in [1.29, 1.82) is 0 Å². The topological polar surface area (TPSA) is 100 Å². The molecule has 2 rings (SSSR count). The van der Waals surface area contributed by atoms with Gasteiger partial charge >= 0.3 is 0 Å². The molecule has 0 saturated carbocycles. The third-order valence-corrected chi connectivity index (χ3v) is 4.96. The summed E-state index contributed by atoms with van der Waals surface area (Å²) in [4.78, 5) is 31.8. The van der Waals surface area contributed by atoms with Crippen LogP contribution in [-0.2, 0) is 22.6 Å². The number of benzene rings is 1. The largest absolute Gasteiger partial charge is 0.384 e. The molecule has 9 heteroatoms. The molecule has 0 bridgehead atoms. The van der Waals surface area contributed by atoms with Gasteiger partial charge in [0.1, 0.15) is 11.9 Å². The van der Waals surface area contributed by atoms with E-state index in [1.54, 1.807) is 37.3 Å². The van der Waals surface area contributed by atoms with Gasteiger partial charge in [0.25, 0.3) is 0 Å². The Kier molecular flexibility index (Phi) is 8.26. The second-order valence-electron chi connectivity index (χ2n) is 9.06. The maximum absolute atomic E-state index is 13.7. The standard InChI is InChI=1S/C23H31F2N5O2/c1-23(2,3)20(30(4)5)22(32)29-18(11-14-6-8-16(24)17(25)10-14)21(31)28-13-15-7-9-19(26)27-12-15/h6-10,12,18,20H,11,13H2,1-5H3,(H2,26,27)(H,28,31)(H,29,32)/t18-,20-/m0/s1. The Bertz CT molecular complexity index is 942. The van der Waals surface area contributed by atoms with E-state index >= 15 is 0 Å². The SMILES string of the molecule is CN(C)[C@@H](C(=O)N[C@@H](Cc1ccc(F)c(F)c1)C(=O)NCc1ccc(N)nc1)C(C)(C)C. The summed E-state index contributed by atoms with van der Waals surface area (Å²) >= 11 is 0. The van der Waals surface area contributed by atoms with E-state index in [0.717, 1.165) is 17.7 Å². The highest BCUT2D eigenvalue weighted by atomic mass is 19.2. The maximum atomic E-state index is 13.7. The van der Waals surface area contributed by atoms with Crippen molar-refractivity contribution >= 4 is 17.6 Å². The molecule has 0 aliphatic heterocycles. The van der Waals surface area contributed by atoms with Crippen molar-refractivity contribution in [2.24, 2.45) is 5.41 Å². The third-order valence-electron chi connectivity index (χ3n) is 4.96. The maximum Gasteiger partial charge on any atom is 0.243 e. The van der Waals surface area contributed by atoms with Crippen LogP contribution in [0.5, 0.6) is 0 Å². The lowest BCUT2D eigenvalue weighted by molar-refractivity contribution is -0.134. The molecule has 0 unspecified atom stereocenters. The van der Waals surface area contributed by atoms with Gasteiger partial charge in [0.15, 0.2) is 11.6 Å². The number of carbonyl (C=O) groups is 2. The normalized spacial score (nSPS) is 13.5. The molecular weight excluding hydrogens is 416 g/mol.